The third-order valence-corrected chi connectivity index (χ3v) is 11.6. The summed E-state index contributed by atoms with van der Waals surface area (Å²) in [5.74, 6) is 1.50. The van der Waals surface area contributed by atoms with Crippen molar-refractivity contribution in [2.75, 3.05) is 0 Å². The van der Waals surface area contributed by atoms with Crippen LogP contribution >= 0.6 is 0 Å². The maximum Gasteiger partial charge on any atom is 0.156 e. The maximum atomic E-state index is 9.83. The Morgan fingerprint density at radius 2 is 1.21 bits per heavy atom. The largest absolute Gasteiger partial charge is 0.454 e. The van der Waals surface area contributed by atoms with E-state index in [-0.39, 0.29) is 0 Å². The normalized spacial score (nSPS) is 15.0. The molecule has 0 saturated carbocycles. The number of para-hydroxylation sites is 3. The zero-order valence-electron chi connectivity index (χ0n) is 29.5. The number of benzene rings is 5. The highest BCUT2D eigenvalue weighted by Crippen LogP contribution is 2.62. The van der Waals surface area contributed by atoms with Crippen LogP contribution in [0.25, 0.3) is 66.4 Å². The van der Waals surface area contributed by atoms with Gasteiger partial charge in [0.15, 0.2) is 5.75 Å². The van der Waals surface area contributed by atoms with Gasteiger partial charge in [-0.05, 0) is 78.4 Å². The Hall–Kier alpha value is -8.07. The van der Waals surface area contributed by atoms with E-state index in [0.717, 1.165) is 100 Å². The fourth-order valence-corrected chi connectivity index (χ4v) is 9.41. The summed E-state index contributed by atoms with van der Waals surface area (Å²) in [6.45, 7) is 0. The minimum Gasteiger partial charge on any atom is -0.454 e. The van der Waals surface area contributed by atoms with Gasteiger partial charge < -0.3 is 13.9 Å². The van der Waals surface area contributed by atoms with Gasteiger partial charge in [-0.15, -0.1) is 0 Å². The number of fused-ring (bicyclic) bond motifs is 15. The predicted octanol–water partition coefficient (Wildman–Crippen LogP) is 10.3. The van der Waals surface area contributed by atoms with Crippen molar-refractivity contribution in [1.82, 2.24) is 24.1 Å². The molecule has 1 atom stereocenters. The van der Waals surface area contributed by atoms with Crippen LogP contribution in [0.15, 0.2) is 152 Å². The smallest absolute Gasteiger partial charge is 0.156 e. The molecule has 1 aliphatic heterocycles. The molecule has 1 aliphatic carbocycles. The quantitative estimate of drug-likeness (QED) is 0.176. The summed E-state index contributed by atoms with van der Waals surface area (Å²) in [7, 11) is 0. The van der Waals surface area contributed by atoms with E-state index >= 15 is 0 Å². The molecule has 10 aromatic rings. The van der Waals surface area contributed by atoms with Crippen LogP contribution in [-0.4, -0.2) is 24.1 Å². The van der Waals surface area contributed by atoms with E-state index in [1.165, 1.54) is 0 Å². The lowest BCUT2D eigenvalue weighted by Gasteiger charge is -2.39. The van der Waals surface area contributed by atoms with Gasteiger partial charge in [0.2, 0.25) is 0 Å². The first kappa shape index (κ1) is 30.4. The number of ether oxygens (including phenoxy) is 1. The highest BCUT2D eigenvalue weighted by atomic mass is 16.5. The molecule has 2 aliphatic rings. The van der Waals surface area contributed by atoms with Gasteiger partial charge in [0.25, 0.3) is 0 Å². The molecule has 0 bridgehead atoms. The summed E-state index contributed by atoms with van der Waals surface area (Å²) >= 11 is 0. The molecule has 8 heteroatoms. The molecule has 8 nitrogen and oxygen atoms in total. The molecule has 0 fully saturated rings. The van der Waals surface area contributed by atoms with Gasteiger partial charge >= 0.3 is 0 Å². The minimum atomic E-state index is -0.847. The number of pyridine rings is 3. The molecule has 0 amide bonds. The van der Waals surface area contributed by atoms with E-state index in [2.05, 4.69) is 99.1 Å². The van der Waals surface area contributed by atoms with E-state index in [1.807, 2.05) is 79.4 Å². The van der Waals surface area contributed by atoms with Gasteiger partial charge in [-0.25, -0.2) is 0 Å². The average molecular weight is 716 g/mol. The summed E-state index contributed by atoms with van der Waals surface area (Å²) in [4.78, 5) is 14.8. The molecule has 0 N–H and O–H groups in total. The zero-order chi connectivity index (χ0) is 37.1. The third-order valence-electron chi connectivity index (χ3n) is 11.6. The van der Waals surface area contributed by atoms with Crippen LogP contribution in [0.1, 0.15) is 33.4 Å². The highest BCUT2D eigenvalue weighted by Gasteiger charge is 2.53. The Morgan fingerprint density at radius 1 is 0.518 bits per heavy atom. The Kier molecular flexibility index (Phi) is 5.96. The molecule has 1 spiro atoms. The molecule has 12 rings (SSSR count). The summed E-state index contributed by atoms with van der Waals surface area (Å²) < 4.78 is 11.5. The minimum absolute atomic E-state index is 0.553. The van der Waals surface area contributed by atoms with E-state index in [4.69, 9.17) is 14.7 Å². The average Bonchev–Trinajstić information content (AvgIpc) is 3.87. The standard InChI is InChI=1S/C48H25N7O/c49-24-28-14-16-40-33(21-28)34-22-29(25-50)15-17-41(34)54(40)30-23-38-46(53-26-30)45-36(10-6-19-52-45)48(38)35-8-2-4-13-44(35)56-47-37(48)9-5-12-42(47)55-39-11-3-1-7-31(39)32-18-20-51-27-43(32)55/h1-23,26-27H. The third kappa shape index (κ3) is 3.76. The topological polar surface area (TPSA) is 105 Å². The molecule has 1 unspecified atom stereocenters. The monoisotopic (exact) mass is 715 g/mol. The van der Waals surface area contributed by atoms with Crippen molar-refractivity contribution in [2.24, 2.45) is 0 Å². The van der Waals surface area contributed by atoms with Crippen molar-refractivity contribution in [2.45, 2.75) is 5.41 Å². The van der Waals surface area contributed by atoms with Crippen LogP contribution in [0.2, 0.25) is 0 Å². The summed E-state index contributed by atoms with van der Waals surface area (Å²) in [6, 6.07) is 47.6. The van der Waals surface area contributed by atoms with Crippen LogP contribution in [0.4, 0.5) is 0 Å². The molecular formula is C48H25N7O. The van der Waals surface area contributed by atoms with Crippen LogP contribution in [0.3, 0.4) is 0 Å². The molecular weight excluding hydrogens is 691 g/mol. The van der Waals surface area contributed by atoms with Gasteiger partial charge in [0, 0.05) is 50.6 Å². The fourth-order valence-electron chi connectivity index (χ4n) is 9.41. The van der Waals surface area contributed by atoms with E-state index in [0.29, 0.717) is 11.1 Å². The molecule has 5 aromatic heterocycles. The number of nitrogens with zero attached hydrogens (tertiary/aromatic N) is 7. The zero-order valence-corrected chi connectivity index (χ0v) is 29.5. The van der Waals surface area contributed by atoms with Crippen molar-refractivity contribution in [1.29, 1.82) is 10.5 Å². The first-order chi connectivity index (χ1) is 27.7. The second kappa shape index (κ2) is 11.0. The van der Waals surface area contributed by atoms with E-state index in [9.17, 15) is 10.5 Å². The number of hydrogen-bond acceptors (Lipinski definition) is 6. The maximum absolute atomic E-state index is 9.83. The fraction of sp³-hybridized carbons (Fsp3) is 0.0208. The van der Waals surface area contributed by atoms with Crippen molar-refractivity contribution >= 4 is 43.6 Å². The second-order valence-corrected chi connectivity index (χ2v) is 14.3. The van der Waals surface area contributed by atoms with E-state index in [1.54, 1.807) is 0 Å². The molecule has 0 radical (unpaired) electrons. The molecule has 5 aromatic carbocycles. The lowest BCUT2D eigenvalue weighted by atomic mass is 9.66. The van der Waals surface area contributed by atoms with E-state index < -0.39 is 5.41 Å². The molecule has 56 heavy (non-hydrogen) atoms. The van der Waals surface area contributed by atoms with Crippen molar-refractivity contribution < 1.29 is 4.74 Å². The van der Waals surface area contributed by atoms with Gasteiger partial charge in [-0.3, -0.25) is 15.0 Å². The Balaban J connectivity index is 1.20. The van der Waals surface area contributed by atoms with Crippen LogP contribution in [-0.2, 0) is 5.41 Å². The Morgan fingerprint density at radius 3 is 2.04 bits per heavy atom. The van der Waals surface area contributed by atoms with Gasteiger partial charge in [-0.2, -0.15) is 10.5 Å². The lowest BCUT2D eigenvalue weighted by molar-refractivity contribution is 0.434. The SMILES string of the molecule is N#Cc1ccc2c(c1)c1cc(C#N)ccc1n2-c1cnc2c(c1)C1(c3ccccc3Oc3c(-n4c5ccccc5c5ccncc54)cccc31)c1cccnc1-2. The first-order valence-electron chi connectivity index (χ1n) is 18.3. The number of hydrogen-bond donors (Lipinski definition) is 0. The van der Waals surface area contributed by atoms with Crippen LogP contribution < -0.4 is 4.74 Å². The molecule has 0 saturated heterocycles. The summed E-state index contributed by atoms with van der Waals surface area (Å²) in [6.07, 6.45) is 7.50. The van der Waals surface area contributed by atoms with Crippen LogP contribution in [0.5, 0.6) is 11.5 Å². The van der Waals surface area contributed by atoms with Gasteiger partial charge in [0.05, 0.1) is 85.9 Å². The lowest BCUT2D eigenvalue weighted by Crippen LogP contribution is -2.32. The Labute approximate surface area is 319 Å². The second-order valence-electron chi connectivity index (χ2n) is 14.3. The summed E-state index contributed by atoms with van der Waals surface area (Å²) in [5.41, 5.74) is 11.5. The number of aromatic nitrogens is 5. The van der Waals surface area contributed by atoms with Crippen molar-refractivity contribution in [3.63, 3.8) is 0 Å². The predicted molar refractivity (Wildman–Crippen MR) is 215 cm³/mol. The first-order valence-corrected chi connectivity index (χ1v) is 18.3. The Bertz CT molecular complexity index is 3330. The van der Waals surface area contributed by atoms with Crippen molar-refractivity contribution in [3.8, 4) is 46.4 Å². The molecule has 6 heterocycles. The van der Waals surface area contributed by atoms with Gasteiger partial charge in [-0.1, -0.05) is 54.6 Å². The highest BCUT2D eigenvalue weighted by molar-refractivity contribution is 6.11. The van der Waals surface area contributed by atoms with Crippen molar-refractivity contribution in [3.05, 3.63) is 186 Å². The van der Waals surface area contributed by atoms with Crippen LogP contribution in [0, 0.1) is 22.7 Å². The molecule has 258 valence electrons. The number of nitriles is 2. The number of rotatable bonds is 2. The van der Waals surface area contributed by atoms with Gasteiger partial charge in [0.1, 0.15) is 5.75 Å². The summed E-state index contributed by atoms with van der Waals surface area (Å²) in [5, 5.41) is 23.7.